The van der Waals surface area contributed by atoms with E-state index in [1.165, 1.54) is 0 Å². The Hall–Kier alpha value is 0.620. The van der Waals surface area contributed by atoms with Gasteiger partial charge in [-0.1, -0.05) is 21.6 Å². The van der Waals surface area contributed by atoms with E-state index in [4.69, 9.17) is 11.5 Å². The quantitative estimate of drug-likeness (QED) is 0.747. The van der Waals surface area contributed by atoms with Gasteiger partial charge < -0.3 is 11.5 Å². The highest BCUT2D eigenvalue weighted by Gasteiger charge is 2.40. The van der Waals surface area contributed by atoms with Crippen LogP contribution in [0.25, 0.3) is 0 Å². The van der Waals surface area contributed by atoms with Gasteiger partial charge in [0.1, 0.15) is 0 Å². The van der Waals surface area contributed by atoms with Gasteiger partial charge in [-0.3, -0.25) is 0 Å². The third-order valence-electron chi connectivity index (χ3n) is 3.56. The van der Waals surface area contributed by atoms with Gasteiger partial charge in [0, 0.05) is 20.6 Å². The molecule has 2 nitrogen and oxygen atoms in total. The molecule has 0 rings (SSSR count). The minimum Gasteiger partial charge on any atom is -0.324 e. The van der Waals surface area contributed by atoms with Crippen LogP contribution in [0.1, 0.15) is 55.4 Å². The SMILES string of the molecule is CC(C)(N)C(C)(C)SSC(C)(C)C(C)(C)N. The van der Waals surface area contributed by atoms with E-state index in [9.17, 15) is 0 Å². The molecular formula is C12H28N2S2. The molecule has 0 fully saturated rings. The number of hydrogen-bond acceptors (Lipinski definition) is 4. The molecule has 0 heterocycles. The summed E-state index contributed by atoms with van der Waals surface area (Å²) in [5.41, 5.74) is 12.0. The molecule has 16 heavy (non-hydrogen) atoms. The fourth-order valence-corrected chi connectivity index (χ4v) is 3.81. The van der Waals surface area contributed by atoms with Gasteiger partial charge in [0.25, 0.3) is 0 Å². The molecule has 0 radical (unpaired) electrons. The summed E-state index contributed by atoms with van der Waals surface area (Å²) in [6.07, 6.45) is 0. The smallest absolute Gasteiger partial charge is 0.0381 e. The van der Waals surface area contributed by atoms with E-state index in [1.807, 2.05) is 21.6 Å². The molecule has 0 saturated heterocycles. The molecule has 0 atom stereocenters. The number of rotatable bonds is 5. The van der Waals surface area contributed by atoms with Crippen LogP contribution in [0.15, 0.2) is 0 Å². The molecule has 0 amide bonds. The van der Waals surface area contributed by atoms with Gasteiger partial charge in [0.05, 0.1) is 0 Å². The average Bonchev–Trinajstić information content (AvgIpc) is 1.97. The Labute approximate surface area is 109 Å². The van der Waals surface area contributed by atoms with E-state index in [0.29, 0.717) is 0 Å². The Morgan fingerprint density at radius 1 is 0.562 bits per heavy atom. The topological polar surface area (TPSA) is 52.0 Å². The summed E-state index contributed by atoms with van der Waals surface area (Å²) in [7, 11) is 3.66. The summed E-state index contributed by atoms with van der Waals surface area (Å²) in [5, 5.41) is 0. The van der Waals surface area contributed by atoms with Crippen LogP contribution in [0.5, 0.6) is 0 Å². The molecule has 98 valence electrons. The van der Waals surface area contributed by atoms with E-state index in [1.54, 1.807) is 0 Å². The minimum absolute atomic E-state index is 0.0141. The van der Waals surface area contributed by atoms with Crippen molar-refractivity contribution in [2.24, 2.45) is 11.5 Å². The predicted octanol–water partition coefficient (Wildman–Crippen LogP) is 3.40. The van der Waals surface area contributed by atoms with Gasteiger partial charge in [0.2, 0.25) is 0 Å². The van der Waals surface area contributed by atoms with Crippen LogP contribution in [0.2, 0.25) is 0 Å². The molecule has 4 N–H and O–H groups in total. The lowest BCUT2D eigenvalue weighted by atomic mass is 9.91. The molecule has 0 aliphatic rings. The minimum atomic E-state index is -0.209. The summed E-state index contributed by atoms with van der Waals surface area (Å²) >= 11 is 0. The first-order valence-corrected chi connectivity index (χ1v) is 7.80. The van der Waals surface area contributed by atoms with Crippen molar-refractivity contribution >= 4 is 21.6 Å². The Kier molecular flexibility index (Phi) is 4.89. The van der Waals surface area contributed by atoms with Crippen LogP contribution >= 0.6 is 21.6 Å². The molecule has 0 saturated carbocycles. The van der Waals surface area contributed by atoms with Crippen molar-refractivity contribution in [3.05, 3.63) is 0 Å². The first kappa shape index (κ1) is 16.6. The van der Waals surface area contributed by atoms with E-state index >= 15 is 0 Å². The average molecular weight is 265 g/mol. The Bertz CT molecular complexity index is 208. The summed E-state index contributed by atoms with van der Waals surface area (Å²) in [5.74, 6) is 0. The summed E-state index contributed by atoms with van der Waals surface area (Å²) in [4.78, 5) is 0. The highest BCUT2D eigenvalue weighted by molar-refractivity contribution is 8.77. The maximum absolute atomic E-state index is 6.19. The second kappa shape index (κ2) is 4.71. The predicted molar refractivity (Wildman–Crippen MR) is 79.9 cm³/mol. The van der Waals surface area contributed by atoms with Crippen molar-refractivity contribution in [1.82, 2.24) is 0 Å². The zero-order valence-electron chi connectivity index (χ0n) is 12.0. The van der Waals surface area contributed by atoms with Crippen molar-refractivity contribution in [3.8, 4) is 0 Å². The number of nitrogens with two attached hydrogens (primary N) is 2. The summed E-state index contributed by atoms with van der Waals surface area (Å²) < 4.78 is 0.0281. The maximum Gasteiger partial charge on any atom is 0.0381 e. The molecular weight excluding hydrogens is 236 g/mol. The van der Waals surface area contributed by atoms with Crippen LogP contribution in [-0.4, -0.2) is 20.6 Å². The van der Waals surface area contributed by atoms with Crippen LogP contribution < -0.4 is 11.5 Å². The third-order valence-corrected chi connectivity index (χ3v) is 8.28. The van der Waals surface area contributed by atoms with Gasteiger partial charge >= 0.3 is 0 Å². The summed E-state index contributed by atoms with van der Waals surface area (Å²) in [6.45, 7) is 17.0. The lowest BCUT2D eigenvalue weighted by molar-refractivity contribution is 0.409. The monoisotopic (exact) mass is 264 g/mol. The molecule has 4 heteroatoms. The lowest BCUT2D eigenvalue weighted by Crippen LogP contribution is -2.52. The fraction of sp³-hybridized carbons (Fsp3) is 1.00. The third kappa shape index (κ3) is 4.13. The second-order valence-corrected chi connectivity index (χ2v) is 10.0. The largest absolute Gasteiger partial charge is 0.324 e. The van der Waals surface area contributed by atoms with E-state index in [0.717, 1.165) is 0 Å². The van der Waals surface area contributed by atoms with Crippen LogP contribution in [-0.2, 0) is 0 Å². The van der Waals surface area contributed by atoms with Crippen LogP contribution in [0.3, 0.4) is 0 Å². The van der Waals surface area contributed by atoms with E-state index < -0.39 is 0 Å². The van der Waals surface area contributed by atoms with Crippen molar-refractivity contribution in [2.75, 3.05) is 0 Å². The fourth-order valence-electron chi connectivity index (χ4n) is 0.423. The normalized spacial score (nSPS) is 15.4. The van der Waals surface area contributed by atoms with Crippen LogP contribution in [0.4, 0.5) is 0 Å². The number of hydrogen-bond donors (Lipinski definition) is 2. The molecule has 0 aromatic heterocycles. The van der Waals surface area contributed by atoms with Gasteiger partial charge in [-0.2, -0.15) is 0 Å². The maximum atomic E-state index is 6.19. The van der Waals surface area contributed by atoms with Gasteiger partial charge in [-0.15, -0.1) is 0 Å². The highest BCUT2D eigenvalue weighted by atomic mass is 33.1. The molecule has 0 bridgehead atoms. The highest BCUT2D eigenvalue weighted by Crippen LogP contribution is 2.49. The van der Waals surface area contributed by atoms with Crippen LogP contribution in [0, 0.1) is 0 Å². The first-order chi connectivity index (χ1) is 6.71. The summed E-state index contributed by atoms with van der Waals surface area (Å²) in [6, 6.07) is 0. The van der Waals surface area contributed by atoms with Crippen molar-refractivity contribution in [1.29, 1.82) is 0 Å². The standard InChI is InChI=1S/C12H28N2S2/c1-9(2,13)11(5,6)15-16-12(7,8)10(3,4)14/h13-14H2,1-8H3. The zero-order chi connectivity index (χ0) is 13.4. The van der Waals surface area contributed by atoms with Gasteiger partial charge in [0.15, 0.2) is 0 Å². The van der Waals surface area contributed by atoms with Crippen molar-refractivity contribution in [3.63, 3.8) is 0 Å². The Morgan fingerprint density at radius 3 is 0.875 bits per heavy atom. The molecule has 0 aromatic carbocycles. The lowest BCUT2D eigenvalue weighted by Gasteiger charge is -2.43. The van der Waals surface area contributed by atoms with Gasteiger partial charge in [-0.25, -0.2) is 0 Å². The van der Waals surface area contributed by atoms with Crippen molar-refractivity contribution < 1.29 is 0 Å². The van der Waals surface area contributed by atoms with Crippen molar-refractivity contribution in [2.45, 2.75) is 76.0 Å². The van der Waals surface area contributed by atoms with E-state index in [-0.39, 0.29) is 20.6 Å². The Morgan fingerprint density at radius 2 is 0.750 bits per heavy atom. The first-order valence-electron chi connectivity index (χ1n) is 5.65. The van der Waals surface area contributed by atoms with Gasteiger partial charge in [-0.05, 0) is 55.4 Å². The van der Waals surface area contributed by atoms with E-state index in [2.05, 4.69) is 55.4 Å². The Balaban J connectivity index is 4.59. The molecule has 0 aromatic rings. The molecule has 0 aliphatic heterocycles. The molecule has 0 unspecified atom stereocenters. The molecule has 0 aliphatic carbocycles. The molecule has 0 spiro atoms. The zero-order valence-corrected chi connectivity index (χ0v) is 13.6. The second-order valence-electron chi connectivity index (χ2n) is 6.63.